The van der Waals surface area contributed by atoms with Gasteiger partial charge in [0.15, 0.2) is 0 Å². The first-order valence-corrected chi connectivity index (χ1v) is 10.9. The zero-order chi connectivity index (χ0) is 22.5. The Morgan fingerprint density at radius 2 is 1.94 bits per heavy atom. The SMILES string of the molecule is COCCN1C[C@@H](NC(=O)Nc2cc3cccc(OC)c3nc2C)[C@H](c2ccccc2)C1. The predicted octanol–water partition coefficient (Wildman–Crippen LogP) is 3.79. The number of rotatable bonds is 7. The fourth-order valence-corrected chi connectivity index (χ4v) is 4.35. The van der Waals surface area contributed by atoms with Gasteiger partial charge in [0.2, 0.25) is 0 Å². The molecule has 0 radical (unpaired) electrons. The van der Waals surface area contributed by atoms with Crippen molar-refractivity contribution in [1.29, 1.82) is 0 Å². The van der Waals surface area contributed by atoms with Gasteiger partial charge in [0.25, 0.3) is 0 Å². The average Bonchev–Trinajstić information content (AvgIpc) is 3.20. The third kappa shape index (κ3) is 4.84. The van der Waals surface area contributed by atoms with Gasteiger partial charge in [-0.3, -0.25) is 4.90 Å². The number of hydrogen-bond donors (Lipinski definition) is 2. The minimum Gasteiger partial charge on any atom is -0.494 e. The largest absolute Gasteiger partial charge is 0.494 e. The number of hydrogen-bond acceptors (Lipinski definition) is 5. The van der Waals surface area contributed by atoms with Gasteiger partial charge in [-0.2, -0.15) is 0 Å². The highest BCUT2D eigenvalue weighted by Gasteiger charge is 2.34. The van der Waals surface area contributed by atoms with Crippen LogP contribution >= 0.6 is 0 Å². The van der Waals surface area contributed by atoms with Gasteiger partial charge >= 0.3 is 6.03 Å². The first kappa shape index (κ1) is 22.0. The van der Waals surface area contributed by atoms with E-state index in [-0.39, 0.29) is 18.0 Å². The molecule has 1 aliphatic heterocycles. The van der Waals surface area contributed by atoms with Crippen molar-refractivity contribution < 1.29 is 14.3 Å². The molecular weight excluding hydrogens is 404 g/mol. The number of pyridine rings is 1. The van der Waals surface area contributed by atoms with Gasteiger partial charge in [-0.25, -0.2) is 9.78 Å². The molecule has 7 heteroatoms. The summed E-state index contributed by atoms with van der Waals surface area (Å²) in [7, 11) is 3.34. The van der Waals surface area contributed by atoms with Crippen molar-refractivity contribution in [2.45, 2.75) is 18.9 Å². The van der Waals surface area contributed by atoms with E-state index < -0.39 is 0 Å². The van der Waals surface area contributed by atoms with Gasteiger partial charge in [-0.05, 0) is 24.6 Å². The molecule has 7 nitrogen and oxygen atoms in total. The summed E-state index contributed by atoms with van der Waals surface area (Å²) < 4.78 is 10.7. The number of anilines is 1. The molecule has 0 unspecified atom stereocenters. The lowest BCUT2D eigenvalue weighted by molar-refractivity contribution is 0.159. The molecule has 0 bridgehead atoms. The second-order valence-electron chi connectivity index (χ2n) is 8.13. The number of methoxy groups -OCH3 is 2. The summed E-state index contributed by atoms with van der Waals surface area (Å²) in [5.74, 6) is 0.938. The van der Waals surface area contributed by atoms with Crippen LogP contribution < -0.4 is 15.4 Å². The van der Waals surface area contributed by atoms with Crippen LogP contribution in [0.2, 0.25) is 0 Å². The van der Waals surface area contributed by atoms with Gasteiger partial charge in [-0.15, -0.1) is 0 Å². The number of likely N-dealkylation sites (tertiary alicyclic amines) is 1. The summed E-state index contributed by atoms with van der Waals surface area (Å²) in [4.78, 5) is 19.9. The Bertz CT molecular complexity index is 1070. The van der Waals surface area contributed by atoms with Crippen molar-refractivity contribution in [2.75, 3.05) is 45.8 Å². The second-order valence-corrected chi connectivity index (χ2v) is 8.13. The smallest absolute Gasteiger partial charge is 0.319 e. The monoisotopic (exact) mass is 434 g/mol. The summed E-state index contributed by atoms with van der Waals surface area (Å²) in [5.41, 5.74) is 3.44. The number of urea groups is 1. The molecule has 168 valence electrons. The lowest BCUT2D eigenvalue weighted by atomic mass is 9.94. The normalized spacial score (nSPS) is 18.6. The van der Waals surface area contributed by atoms with Crippen LogP contribution in [0.15, 0.2) is 54.6 Å². The molecule has 0 saturated carbocycles. The topological polar surface area (TPSA) is 75.7 Å². The number of nitrogens with one attached hydrogen (secondary N) is 2. The first-order valence-electron chi connectivity index (χ1n) is 10.9. The molecule has 1 aliphatic rings. The highest BCUT2D eigenvalue weighted by Crippen LogP contribution is 2.29. The molecule has 32 heavy (non-hydrogen) atoms. The maximum atomic E-state index is 13.0. The quantitative estimate of drug-likeness (QED) is 0.592. The van der Waals surface area contributed by atoms with Gasteiger partial charge in [0.05, 0.1) is 31.1 Å². The van der Waals surface area contributed by atoms with E-state index in [1.807, 2.05) is 49.4 Å². The number of carbonyl (C=O) groups excluding carboxylic acids is 1. The zero-order valence-corrected chi connectivity index (χ0v) is 18.8. The third-order valence-electron chi connectivity index (χ3n) is 6.02. The van der Waals surface area contributed by atoms with E-state index in [0.29, 0.717) is 12.3 Å². The molecular formula is C25H30N4O3. The molecule has 1 fully saturated rings. The summed E-state index contributed by atoms with van der Waals surface area (Å²) in [6, 6.07) is 17.8. The van der Waals surface area contributed by atoms with Gasteiger partial charge in [0, 0.05) is 38.0 Å². The van der Waals surface area contributed by atoms with Gasteiger partial charge < -0.3 is 20.1 Å². The summed E-state index contributed by atoms with van der Waals surface area (Å²) in [6.45, 7) is 5.06. The maximum Gasteiger partial charge on any atom is 0.319 e. The lowest BCUT2D eigenvalue weighted by Crippen LogP contribution is -2.42. The number of nitrogens with zero attached hydrogens (tertiary/aromatic N) is 2. The lowest BCUT2D eigenvalue weighted by Gasteiger charge is -2.21. The molecule has 2 amide bonds. The van der Waals surface area contributed by atoms with E-state index in [9.17, 15) is 4.79 Å². The highest BCUT2D eigenvalue weighted by molar-refractivity contribution is 5.94. The van der Waals surface area contributed by atoms with E-state index in [1.165, 1.54) is 5.56 Å². The molecule has 2 aromatic carbocycles. The minimum atomic E-state index is -0.225. The van der Waals surface area contributed by atoms with Gasteiger partial charge in [-0.1, -0.05) is 42.5 Å². The van der Waals surface area contributed by atoms with E-state index in [0.717, 1.165) is 42.0 Å². The number of ether oxygens (including phenoxy) is 2. The van der Waals surface area contributed by atoms with Crippen LogP contribution in [0, 0.1) is 6.92 Å². The molecule has 0 spiro atoms. The number of aryl methyl sites for hydroxylation is 1. The minimum absolute atomic E-state index is 0.00284. The van der Waals surface area contributed by atoms with Crippen LogP contribution in [-0.4, -0.2) is 62.4 Å². The van der Waals surface area contributed by atoms with E-state index in [1.54, 1.807) is 14.2 Å². The highest BCUT2D eigenvalue weighted by atomic mass is 16.5. The Kier molecular flexibility index (Phi) is 6.87. The number of para-hydroxylation sites is 1. The van der Waals surface area contributed by atoms with Crippen molar-refractivity contribution in [2.24, 2.45) is 0 Å². The van der Waals surface area contributed by atoms with Crippen LogP contribution in [0.3, 0.4) is 0 Å². The molecule has 2 N–H and O–H groups in total. The third-order valence-corrected chi connectivity index (χ3v) is 6.02. The van der Waals surface area contributed by atoms with Gasteiger partial charge in [0.1, 0.15) is 11.3 Å². The molecule has 4 rings (SSSR count). The number of amides is 2. The van der Waals surface area contributed by atoms with Crippen LogP contribution in [0.25, 0.3) is 10.9 Å². The Labute approximate surface area is 188 Å². The maximum absolute atomic E-state index is 13.0. The molecule has 3 aromatic rings. The first-order chi connectivity index (χ1) is 15.6. The fraction of sp³-hybridized carbons (Fsp3) is 0.360. The van der Waals surface area contributed by atoms with Crippen molar-refractivity contribution in [3.63, 3.8) is 0 Å². The Morgan fingerprint density at radius 1 is 1.12 bits per heavy atom. The van der Waals surface area contributed by atoms with Crippen LogP contribution in [0.5, 0.6) is 5.75 Å². The van der Waals surface area contributed by atoms with Crippen LogP contribution in [0.1, 0.15) is 17.2 Å². The molecule has 0 aliphatic carbocycles. The van der Waals surface area contributed by atoms with Crippen molar-refractivity contribution in [3.05, 3.63) is 65.9 Å². The molecule has 1 saturated heterocycles. The Hall–Kier alpha value is -3.16. The number of fused-ring (bicyclic) bond motifs is 1. The summed E-state index contributed by atoms with van der Waals surface area (Å²) in [5, 5.41) is 7.11. The summed E-state index contributed by atoms with van der Waals surface area (Å²) >= 11 is 0. The fourth-order valence-electron chi connectivity index (χ4n) is 4.35. The number of carbonyl (C=O) groups is 1. The molecule has 2 heterocycles. The Morgan fingerprint density at radius 3 is 2.69 bits per heavy atom. The standard InChI is InChI=1S/C25H30N4O3/c1-17-21(14-19-10-7-11-23(32-3)24(19)26-17)27-25(30)28-22-16-29(12-13-31-2)15-20(22)18-8-5-4-6-9-18/h4-11,14,20,22H,12-13,15-16H2,1-3H3,(H2,27,28,30)/t20-,22+/m0/s1. The zero-order valence-electron chi connectivity index (χ0n) is 18.8. The predicted molar refractivity (Wildman–Crippen MR) is 126 cm³/mol. The number of aromatic nitrogens is 1. The summed E-state index contributed by atoms with van der Waals surface area (Å²) in [6.07, 6.45) is 0. The Balaban J connectivity index is 1.50. The molecule has 2 atom stereocenters. The van der Waals surface area contributed by atoms with E-state index in [2.05, 4.69) is 32.7 Å². The van der Waals surface area contributed by atoms with E-state index >= 15 is 0 Å². The van der Waals surface area contributed by atoms with Crippen LogP contribution in [0.4, 0.5) is 10.5 Å². The second kappa shape index (κ2) is 9.97. The van der Waals surface area contributed by atoms with Crippen LogP contribution in [-0.2, 0) is 4.74 Å². The van der Waals surface area contributed by atoms with E-state index in [4.69, 9.17) is 9.47 Å². The van der Waals surface area contributed by atoms with Crippen molar-refractivity contribution in [1.82, 2.24) is 15.2 Å². The molecule has 1 aromatic heterocycles. The average molecular weight is 435 g/mol. The number of benzene rings is 2. The van der Waals surface area contributed by atoms with Crippen molar-refractivity contribution >= 4 is 22.6 Å². The van der Waals surface area contributed by atoms with Crippen molar-refractivity contribution in [3.8, 4) is 5.75 Å².